The average molecular weight is 458 g/mol. The van der Waals surface area contributed by atoms with Crippen LogP contribution in [0.1, 0.15) is 26.2 Å². The predicted octanol–water partition coefficient (Wildman–Crippen LogP) is -0.620. The molecule has 0 fully saturated rings. The number of hydrogen-bond donors (Lipinski definition) is 8. The quantitative estimate of drug-likeness (QED) is 0.179. The van der Waals surface area contributed by atoms with Crippen LogP contribution >= 0.6 is 22.8 Å². The van der Waals surface area contributed by atoms with Crippen molar-refractivity contribution in [2.45, 2.75) is 36.4 Å². The molecule has 2 unspecified atom stereocenters. The van der Waals surface area contributed by atoms with Crippen molar-refractivity contribution < 1.29 is 72.4 Å². The molecular weight excluding hydrogens is 441 g/mol. The fraction of sp³-hybridized carbons (Fsp3) is 0.667. The van der Waals surface area contributed by atoms with Crippen LogP contribution in [0, 0.1) is 0 Å². The highest BCUT2D eigenvalue weighted by Gasteiger charge is 2.66. The standard InChI is InChI=1S/C9H17O15P3/c1-8(25(16,17)18,26(19,20)21)24-27(22,23)9(7(14)15,4-6(12)13)3-2-5(10)11/h2-4H2,1H3,(H,10,11)(H,12,13)(H,14,15)(H,22,23)(H2,16,17,18)(H2,19,20,21). The van der Waals surface area contributed by atoms with Crippen LogP contribution in [-0.2, 0) is 32.6 Å². The Labute approximate surface area is 150 Å². The summed E-state index contributed by atoms with van der Waals surface area (Å²) in [5, 5.41) is 19.3. The maximum atomic E-state index is 12.5. The van der Waals surface area contributed by atoms with Gasteiger partial charge in [-0.1, -0.05) is 0 Å². The molecule has 15 nitrogen and oxygen atoms in total. The molecule has 8 N–H and O–H groups in total. The molecule has 0 heterocycles. The third kappa shape index (κ3) is 5.44. The minimum atomic E-state index is -6.14. The van der Waals surface area contributed by atoms with Crippen molar-refractivity contribution in [3.63, 3.8) is 0 Å². The average Bonchev–Trinajstić information content (AvgIpc) is 2.39. The zero-order valence-electron chi connectivity index (χ0n) is 13.4. The van der Waals surface area contributed by atoms with Crippen molar-refractivity contribution in [2.75, 3.05) is 0 Å². The zero-order valence-corrected chi connectivity index (χ0v) is 16.1. The van der Waals surface area contributed by atoms with Gasteiger partial charge in [0, 0.05) is 6.42 Å². The number of carbonyl (C=O) groups is 3. The molecule has 0 aliphatic carbocycles. The zero-order chi connectivity index (χ0) is 22.1. The van der Waals surface area contributed by atoms with Crippen LogP contribution in [0.15, 0.2) is 0 Å². The van der Waals surface area contributed by atoms with Crippen LogP contribution < -0.4 is 0 Å². The number of carboxylic acid groups (broad SMARTS) is 3. The lowest BCUT2D eigenvalue weighted by Gasteiger charge is -2.38. The first-order valence-electron chi connectivity index (χ1n) is 6.55. The molecule has 0 aliphatic heterocycles. The number of aliphatic carboxylic acids is 3. The van der Waals surface area contributed by atoms with Crippen molar-refractivity contribution in [3.8, 4) is 0 Å². The molecule has 0 bridgehead atoms. The fourth-order valence-corrected chi connectivity index (χ4v) is 6.28. The van der Waals surface area contributed by atoms with Crippen molar-refractivity contribution >= 4 is 40.7 Å². The molecule has 0 saturated heterocycles. The van der Waals surface area contributed by atoms with Gasteiger partial charge in [0.15, 0.2) is 5.16 Å². The molecular formula is C9H17O15P3. The van der Waals surface area contributed by atoms with E-state index in [2.05, 4.69) is 4.52 Å². The summed E-state index contributed by atoms with van der Waals surface area (Å²) < 4.78 is 39.5. The molecule has 0 rings (SSSR count). The van der Waals surface area contributed by atoms with E-state index in [1.165, 1.54) is 0 Å². The van der Waals surface area contributed by atoms with E-state index in [0.717, 1.165) is 0 Å². The van der Waals surface area contributed by atoms with Gasteiger partial charge in [-0.2, -0.15) is 0 Å². The monoisotopic (exact) mass is 458 g/mol. The Morgan fingerprint density at radius 1 is 0.852 bits per heavy atom. The lowest BCUT2D eigenvalue weighted by atomic mass is 9.98. The Kier molecular flexibility index (Phi) is 7.74. The first kappa shape index (κ1) is 25.9. The second kappa shape index (κ2) is 8.08. The van der Waals surface area contributed by atoms with Crippen LogP contribution in [0.2, 0.25) is 0 Å². The van der Waals surface area contributed by atoms with E-state index >= 15 is 0 Å². The summed E-state index contributed by atoms with van der Waals surface area (Å²) in [6.45, 7) is 0.0298. The minimum Gasteiger partial charge on any atom is -0.481 e. The lowest BCUT2D eigenvalue weighted by Crippen LogP contribution is -2.44. The third-order valence-corrected chi connectivity index (χ3v) is 9.98. The molecule has 0 aromatic carbocycles. The molecule has 0 aromatic heterocycles. The van der Waals surface area contributed by atoms with Gasteiger partial charge >= 0.3 is 40.7 Å². The smallest absolute Gasteiger partial charge is 0.369 e. The van der Waals surface area contributed by atoms with E-state index in [1.807, 2.05) is 0 Å². The van der Waals surface area contributed by atoms with Crippen LogP contribution in [0.3, 0.4) is 0 Å². The summed E-state index contributed by atoms with van der Waals surface area (Å²) in [7, 11) is -18.2. The van der Waals surface area contributed by atoms with Crippen molar-refractivity contribution in [2.24, 2.45) is 0 Å². The summed E-state index contributed by atoms with van der Waals surface area (Å²) in [6, 6.07) is 0. The first-order chi connectivity index (χ1) is 11.7. The fourth-order valence-electron chi connectivity index (χ4n) is 1.79. The summed E-state index contributed by atoms with van der Waals surface area (Å²) in [5.74, 6) is -6.15. The van der Waals surface area contributed by atoms with Crippen LogP contribution in [-0.4, -0.2) is 67.9 Å². The van der Waals surface area contributed by atoms with E-state index in [-0.39, 0.29) is 6.92 Å². The van der Waals surface area contributed by atoms with Crippen molar-refractivity contribution in [1.82, 2.24) is 0 Å². The molecule has 158 valence electrons. The molecule has 0 amide bonds. The Balaban J connectivity index is 6.60. The molecule has 0 spiro atoms. The highest BCUT2D eigenvalue weighted by atomic mass is 31.2. The van der Waals surface area contributed by atoms with Crippen molar-refractivity contribution in [1.29, 1.82) is 0 Å². The molecule has 2 atom stereocenters. The van der Waals surface area contributed by atoms with Gasteiger partial charge in [0.2, 0.25) is 0 Å². The lowest BCUT2D eigenvalue weighted by molar-refractivity contribution is -0.148. The normalized spacial score (nSPS) is 17.6. The summed E-state index contributed by atoms with van der Waals surface area (Å²) in [6.07, 6.45) is -4.30. The van der Waals surface area contributed by atoms with E-state index in [1.54, 1.807) is 0 Å². The molecule has 0 aliphatic rings. The van der Waals surface area contributed by atoms with E-state index in [0.29, 0.717) is 0 Å². The third-order valence-electron chi connectivity index (χ3n) is 3.51. The molecule has 0 aromatic rings. The topological polar surface area (TPSA) is 273 Å². The van der Waals surface area contributed by atoms with Gasteiger partial charge in [-0.25, -0.2) is 0 Å². The maximum Gasteiger partial charge on any atom is 0.369 e. The van der Waals surface area contributed by atoms with Gasteiger partial charge in [0.1, 0.15) is 0 Å². The highest BCUT2D eigenvalue weighted by Crippen LogP contribution is 2.76. The first-order valence-corrected chi connectivity index (χ1v) is 11.4. The van der Waals surface area contributed by atoms with Gasteiger partial charge < -0.3 is 39.8 Å². The summed E-state index contributed by atoms with van der Waals surface area (Å²) in [4.78, 5) is 79.8. The van der Waals surface area contributed by atoms with Crippen LogP contribution in [0.25, 0.3) is 0 Å². The predicted molar refractivity (Wildman–Crippen MR) is 82.9 cm³/mol. The van der Waals surface area contributed by atoms with E-state index in [9.17, 15) is 38.1 Å². The van der Waals surface area contributed by atoms with Gasteiger partial charge in [-0.05, 0) is 13.3 Å². The second-order valence-corrected chi connectivity index (χ2v) is 11.7. The van der Waals surface area contributed by atoms with Gasteiger partial charge in [-0.15, -0.1) is 0 Å². The highest BCUT2D eigenvalue weighted by molar-refractivity contribution is 7.73. The SMILES string of the molecule is CC(OP(=O)(O)C(CCC(=O)O)(CC(=O)O)C(=O)O)(P(=O)(O)O)P(=O)(O)O. The molecule has 0 radical (unpaired) electrons. The van der Waals surface area contributed by atoms with Crippen LogP contribution in [0.5, 0.6) is 0 Å². The van der Waals surface area contributed by atoms with E-state index < -0.39 is 70.2 Å². The number of carboxylic acids is 3. The Morgan fingerprint density at radius 3 is 1.52 bits per heavy atom. The summed E-state index contributed by atoms with van der Waals surface area (Å²) in [5.41, 5.74) is 0. The molecule has 27 heavy (non-hydrogen) atoms. The van der Waals surface area contributed by atoms with E-state index in [4.69, 9.17) is 29.8 Å². The van der Waals surface area contributed by atoms with Crippen LogP contribution in [0.4, 0.5) is 0 Å². The number of rotatable bonds is 11. The minimum absolute atomic E-state index is 0.0298. The molecule has 18 heteroatoms. The van der Waals surface area contributed by atoms with Gasteiger partial charge in [-0.3, -0.25) is 32.6 Å². The second-order valence-electron chi connectivity index (χ2n) is 5.43. The van der Waals surface area contributed by atoms with Gasteiger partial charge in [0.05, 0.1) is 6.42 Å². The maximum absolute atomic E-state index is 12.5. The summed E-state index contributed by atoms with van der Waals surface area (Å²) >= 11 is 0. The Bertz CT molecular complexity index is 738. The van der Waals surface area contributed by atoms with Crippen molar-refractivity contribution in [3.05, 3.63) is 0 Å². The Hall–Kier alpha value is -1.14. The largest absolute Gasteiger partial charge is 0.481 e. The number of hydrogen-bond acceptors (Lipinski definition) is 7. The molecule has 0 saturated carbocycles. The Morgan fingerprint density at radius 2 is 1.26 bits per heavy atom. The van der Waals surface area contributed by atoms with Gasteiger partial charge in [0.25, 0.3) is 5.08 Å².